The van der Waals surface area contributed by atoms with Crippen molar-refractivity contribution in [2.75, 3.05) is 39.6 Å². The Morgan fingerprint density at radius 3 is 2.57 bits per heavy atom. The van der Waals surface area contributed by atoms with Crippen molar-refractivity contribution in [2.45, 2.75) is 6.42 Å². The zero-order valence-electron chi connectivity index (χ0n) is 17.2. The summed E-state index contributed by atoms with van der Waals surface area (Å²) in [5, 5.41) is 5.43. The van der Waals surface area contributed by atoms with Crippen LogP contribution in [0.15, 0.2) is 52.9 Å². The molecule has 0 bridgehead atoms. The molecule has 160 valence electrons. The predicted molar refractivity (Wildman–Crippen MR) is 127 cm³/mol. The van der Waals surface area contributed by atoms with E-state index >= 15 is 0 Å². The molecule has 0 aliphatic heterocycles. The van der Waals surface area contributed by atoms with E-state index < -0.39 is 0 Å². The first-order valence-electron chi connectivity index (χ1n) is 9.38. The Morgan fingerprint density at radius 1 is 1.03 bits per heavy atom. The summed E-state index contributed by atoms with van der Waals surface area (Å²) in [7, 11) is 5.80. The van der Waals surface area contributed by atoms with Crippen LogP contribution in [-0.4, -0.2) is 49.2 Å². The standard InChI is InChI=1S/C22H24N4O2.2ClH/c1-26(2)13-7-12-23-21-16-9-6-11-18(27-3)20(16)24-22(25-21)19-14-15-8-4-5-10-17(15)28-19;;/h4-6,8-11,14H,7,12-13H2,1-3H3,(H,23,24,25);2*1H. The van der Waals surface area contributed by atoms with Gasteiger partial charge in [-0.3, -0.25) is 0 Å². The van der Waals surface area contributed by atoms with E-state index in [0.29, 0.717) is 17.3 Å². The lowest BCUT2D eigenvalue weighted by Crippen LogP contribution is -2.17. The largest absolute Gasteiger partial charge is 0.494 e. The second kappa shape index (κ2) is 10.5. The van der Waals surface area contributed by atoms with Gasteiger partial charge in [0.05, 0.1) is 7.11 Å². The normalized spacial score (nSPS) is 10.7. The third-order valence-corrected chi connectivity index (χ3v) is 4.63. The smallest absolute Gasteiger partial charge is 0.198 e. The van der Waals surface area contributed by atoms with Crippen LogP contribution in [0.2, 0.25) is 0 Å². The molecule has 2 heterocycles. The number of anilines is 1. The van der Waals surface area contributed by atoms with E-state index in [9.17, 15) is 0 Å². The van der Waals surface area contributed by atoms with Crippen LogP contribution < -0.4 is 10.1 Å². The fraction of sp³-hybridized carbons (Fsp3) is 0.273. The number of hydrogen-bond donors (Lipinski definition) is 1. The van der Waals surface area contributed by atoms with Gasteiger partial charge in [0.2, 0.25) is 0 Å². The Balaban J connectivity index is 0.00000160. The van der Waals surface area contributed by atoms with Gasteiger partial charge in [-0.1, -0.05) is 24.3 Å². The minimum Gasteiger partial charge on any atom is -0.494 e. The average Bonchev–Trinajstić information content (AvgIpc) is 3.14. The Morgan fingerprint density at radius 2 is 1.83 bits per heavy atom. The van der Waals surface area contributed by atoms with Crippen LogP contribution in [0, 0.1) is 0 Å². The minimum atomic E-state index is 0. The van der Waals surface area contributed by atoms with Crippen LogP contribution in [0.5, 0.6) is 5.75 Å². The number of hydrogen-bond acceptors (Lipinski definition) is 6. The van der Waals surface area contributed by atoms with Gasteiger partial charge >= 0.3 is 0 Å². The number of fused-ring (bicyclic) bond motifs is 2. The van der Waals surface area contributed by atoms with Gasteiger partial charge in [-0.05, 0) is 51.3 Å². The molecule has 6 nitrogen and oxygen atoms in total. The second-order valence-corrected chi connectivity index (χ2v) is 6.98. The maximum Gasteiger partial charge on any atom is 0.198 e. The van der Waals surface area contributed by atoms with Crippen molar-refractivity contribution in [3.05, 3.63) is 48.5 Å². The summed E-state index contributed by atoms with van der Waals surface area (Å²) < 4.78 is 11.5. The monoisotopic (exact) mass is 448 g/mol. The van der Waals surface area contributed by atoms with E-state index in [0.717, 1.165) is 47.2 Å². The molecule has 0 fully saturated rings. The van der Waals surface area contributed by atoms with Gasteiger partial charge in [-0.2, -0.15) is 0 Å². The van der Waals surface area contributed by atoms with Gasteiger partial charge in [-0.15, -0.1) is 24.8 Å². The van der Waals surface area contributed by atoms with Crippen molar-refractivity contribution in [1.82, 2.24) is 14.9 Å². The molecule has 2 aromatic heterocycles. The summed E-state index contributed by atoms with van der Waals surface area (Å²) in [6.45, 7) is 1.83. The molecule has 0 radical (unpaired) electrons. The van der Waals surface area contributed by atoms with Gasteiger partial charge in [0.1, 0.15) is 22.7 Å². The van der Waals surface area contributed by atoms with Crippen LogP contribution in [0.3, 0.4) is 0 Å². The van der Waals surface area contributed by atoms with E-state index in [1.807, 2.05) is 48.5 Å². The quantitative estimate of drug-likeness (QED) is 0.389. The molecule has 0 spiro atoms. The van der Waals surface area contributed by atoms with Crippen molar-refractivity contribution in [1.29, 1.82) is 0 Å². The topological polar surface area (TPSA) is 63.4 Å². The van der Waals surface area contributed by atoms with Gasteiger partial charge in [0.25, 0.3) is 0 Å². The van der Waals surface area contributed by atoms with E-state index in [1.165, 1.54) is 0 Å². The molecule has 0 unspecified atom stereocenters. The minimum absolute atomic E-state index is 0. The zero-order valence-corrected chi connectivity index (χ0v) is 18.8. The number of nitrogens with zero attached hydrogens (tertiary/aromatic N) is 3. The van der Waals surface area contributed by atoms with Crippen LogP contribution in [0.4, 0.5) is 5.82 Å². The van der Waals surface area contributed by atoms with Crippen LogP contribution in [0.1, 0.15) is 6.42 Å². The highest BCUT2D eigenvalue weighted by Gasteiger charge is 2.15. The van der Waals surface area contributed by atoms with Gasteiger partial charge in [-0.25, -0.2) is 9.97 Å². The lowest BCUT2D eigenvalue weighted by atomic mass is 10.2. The molecule has 4 aromatic rings. The first kappa shape index (κ1) is 23.7. The molecule has 0 atom stereocenters. The molecule has 0 amide bonds. The van der Waals surface area contributed by atoms with Crippen LogP contribution in [-0.2, 0) is 0 Å². The van der Waals surface area contributed by atoms with Crippen molar-refractivity contribution in [2.24, 2.45) is 0 Å². The van der Waals surface area contributed by atoms with Crippen molar-refractivity contribution in [3.63, 3.8) is 0 Å². The molecule has 0 saturated carbocycles. The highest BCUT2D eigenvalue weighted by Crippen LogP contribution is 2.32. The summed E-state index contributed by atoms with van der Waals surface area (Å²) in [5.74, 6) is 2.69. The maximum absolute atomic E-state index is 5.99. The predicted octanol–water partition coefficient (Wildman–Crippen LogP) is 5.26. The molecular formula is C22H26Cl2N4O2. The Hall–Kier alpha value is -2.54. The SMILES string of the molecule is COc1cccc2c(NCCCN(C)C)nc(-c3cc4ccccc4o3)nc12.Cl.Cl. The number of benzene rings is 2. The number of aromatic nitrogens is 2. The van der Waals surface area contributed by atoms with E-state index in [2.05, 4.69) is 24.3 Å². The summed E-state index contributed by atoms with van der Waals surface area (Å²) in [6.07, 6.45) is 1.02. The molecule has 8 heteroatoms. The number of halogens is 2. The number of methoxy groups -OCH3 is 1. The zero-order chi connectivity index (χ0) is 19.5. The molecule has 1 N–H and O–H groups in total. The molecule has 30 heavy (non-hydrogen) atoms. The fourth-order valence-corrected chi connectivity index (χ4v) is 3.23. The van der Waals surface area contributed by atoms with Crippen molar-refractivity contribution >= 4 is 52.5 Å². The fourth-order valence-electron chi connectivity index (χ4n) is 3.23. The molecule has 2 aromatic carbocycles. The van der Waals surface area contributed by atoms with E-state index in [-0.39, 0.29) is 24.8 Å². The Kier molecular flexibility index (Phi) is 8.29. The summed E-state index contributed by atoms with van der Waals surface area (Å²) in [4.78, 5) is 11.7. The first-order chi connectivity index (χ1) is 13.7. The molecule has 0 saturated heterocycles. The van der Waals surface area contributed by atoms with Gasteiger partial charge < -0.3 is 19.4 Å². The summed E-state index contributed by atoms with van der Waals surface area (Å²) in [6, 6.07) is 15.8. The van der Waals surface area contributed by atoms with Crippen molar-refractivity contribution < 1.29 is 9.15 Å². The lowest BCUT2D eigenvalue weighted by molar-refractivity contribution is 0.405. The molecule has 4 rings (SSSR count). The third-order valence-electron chi connectivity index (χ3n) is 4.63. The summed E-state index contributed by atoms with van der Waals surface area (Å²) >= 11 is 0. The molecule has 0 aliphatic rings. The number of nitrogens with one attached hydrogen (secondary N) is 1. The summed E-state index contributed by atoms with van der Waals surface area (Å²) in [5.41, 5.74) is 1.59. The highest BCUT2D eigenvalue weighted by molar-refractivity contribution is 5.94. The Bertz CT molecular complexity index is 1080. The molecular weight excluding hydrogens is 423 g/mol. The molecule has 0 aliphatic carbocycles. The Labute approximate surface area is 188 Å². The number of para-hydroxylation sites is 2. The maximum atomic E-state index is 5.99. The number of ether oxygens (including phenoxy) is 1. The second-order valence-electron chi connectivity index (χ2n) is 6.98. The van der Waals surface area contributed by atoms with Gasteiger partial charge in [0.15, 0.2) is 11.6 Å². The number of furan rings is 1. The van der Waals surface area contributed by atoms with Crippen LogP contribution in [0.25, 0.3) is 33.5 Å². The van der Waals surface area contributed by atoms with Crippen LogP contribution >= 0.6 is 24.8 Å². The number of rotatable bonds is 7. The van der Waals surface area contributed by atoms with E-state index in [1.54, 1.807) is 7.11 Å². The highest BCUT2D eigenvalue weighted by atomic mass is 35.5. The first-order valence-corrected chi connectivity index (χ1v) is 9.38. The lowest BCUT2D eigenvalue weighted by Gasteiger charge is -2.13. The third kappa shape index (κ3) is 4.95. The van der Waals surface area contributed by atoms with E-state index in [4.69, 9.17) is 19.1 Å². The average molecular weight is 449 g/mol. The van der Waals surface area contributed by atoms with Crippen molar-refractivity contribution in [3.8, 4) is 17.3 Å². The van der Waals surface area contributed by atoms with Gasteiger partial charge in [0, 0.05) is 17.3 Å².